The van der Waals surface area contributed by atoms with Crippen molar-refractivity contribution in [3.05, 3.63) is 52.3 Å². The van der Waals surface area contributed by atoms with E-state index in [-0.39, 0.29) is 17.1 Å². The number of ether oxygens (including phenoxy) is 2. The fourth-order valence-corrected chi connectivity index (χ4v) is 3.82. The lowest BCUT2D eigenvalue weighted by atomic mass is 10.1. The predicted octanol–water partition coefficient (Wildman–Crippen LogP) is 5.49. The number of amides is 1. The lowest BCUT2D eigenvalue weighted by Crippen LogP contribution is -2.20. The normalized spacial score (nSPS) is 16.8. The van der Waals surface area contributed by atoms with E-state index in [9.17, 15) is 18.0 Å². The van der Waals surface area contributed by atoms with E-state index in [1.165, 1.54) is 35.0 Å². The summed E-state index contributed by atoms with van der Waals surface area (Å²) in [6.07, 6.45) is 1.96. The number of hydrogen-bond donors (Lipinski definition) is 1. The van der Waals surface area contributed by atoms with Crippen LogP contribution in [-0.2, 0) is 4.74 Å². The van der Waals surface area contributed by atoms with Gasteiger partial charge in [-0.15, -0.1) is 0 Å². The quantitative estimate of drug-likeness (QED) is 0.520. The lowest BCUT2D eigenvalue weighted by Gasteiger charge is -2.24. The summed E-state index contributed by atoms with van der Waals surface area (Å²) < 4.78 is 51.6. The Kier molecular flexibility index (Phi) is 5.96. The first-order chi connectivity index (χ1) is 14.4. The van der Waals surface area contributed by atoms with Crippen LogP contribution in [0.5, 0.6) is 5.75 Å². The molecular weight excluding hydrogens is 467 g/mol. The van der Waals surface area contributed by atoms with E-state index < -0.39 is 24.6 Å². The number of hydrogen-bond acceptors (Lipinski definition) is 4. The lowest BCUT2D eigenvalue weighted by molar-refractivity contribution is -0.0517. The Bertz CT molecular complexity index is 1070. The highest BCUT2D eigenvalue weighted by Crippen LogP contribution is 2.38. The summed E-state index contributed by atoms with van der Waals surface area (Å²) >= 11 is 3.28. The summed E-state index contributed by atoms with van der Waals surface area (Å²) in [5.41, 5.74) is 0.520. The van der Waals surface area contributed by atoms with Crippen molar-refractivity contribution in [2.75, 3.05) is 11.9 Å². The van der Waals surface area contributed by atoms with Crippen LogP contribution in [0.4, 0.5) is 19.0 Å². The van der Waals surface area contributed by atoms with Crippen LogP contribution in [-0.4, -0.2) is 28.9 Å². The van der Waals surface area contributed by atoms with Crippen molar-refractivity contribution < 1.29 is 27.4 Å². The number of anilines is 1. The molecule has 6 nitrogen and oxygen atoms in total. The molecule has 0 bridgehead atoms. The van der Waals surface area contributed by atoms with Crippen LogP contribution >= 0.6 is 15.9 Å². The predicted molar refractivity (Wildman–Crippen MR) is 107 cm³/mol. The number of benzene rings is 2. The van der Waals surface area contributed by atoms with Crippen LogP contribution < -0.4 is 10.1 Å². The minimum atomic E-state index is -3.03. The fraction of sp³-hybridized carbons (Fsp3) is 0.300. The molecule has 10 heteroatoms. The van der Waals surface area contributed by atoms with Crippen LogP contribution in [0.15, 0.2) is 40.9 Å². The second-order valence-electron chi connectivity index (χ2n) is 6.75. The molecule has 1 aliphatic heterocycles. The van der Waals surface area contributed by atoms with E-state index in [0.717, 1.165) is 12.8 Å². The topological polar surface area (TPSA) is 65.4 Å². The summed E-state index contributed by atoms with van der Waals surface area (Å²) in [5.74, 6) is -0.900. The third kappa shape index (κ3) is 4.29. The first-order valence-corrected chi connectivity index (χ1v) is 10.1. The van der Waals surface area contributed by atoms with Crippen LogP contribution in [0, 0.1) is 5.82 Å². The van der Waals surface area contributed by atoms with Crippen molar-refractivity contribution in [3.8, 4) is 5.75 Å². The van der Waals surface area contributed by atoms with Crippen molar-refractivity contribution in [3.63, 3.8) is 0 Å². The summed E-state index contributed by atoms with van der Waals surface area (Å²) in [7, 11) is 0. The van der Waals surface area contributed by atoms with Gasteiger partial charge in [0.15, 0.2) is 17.8 Å². The van der Waals surface area contributed by atoms with Crippen LogP contribution in [0.2, 0.25) is 0 Å². The van der Waals surface area contributed by atoms with E-state index >= 15 is 0 Å². The van der Waals surface area contributed by atoms with Gasteiger partial charge in [0.1, 0.15) is 11.3 Å². The Balaban J connectivity index is 1.79. The van der Waals surface area contributed by atoms with Crippen molar-refractivity contribution in [1.29, 1.82) is 0 Å². The van der Waals surface area contributed by atoms with Gasteiger partial charge in [0.2, 0.25) is 0 Å². The van der Waals surface area contributed by atoms with Crippen molar-refractivity contribution in [1.82, 2.24) is 9.78 Å². The smallest absolute Gasteiger partial charge is 0.387 e. The summed E-state index contributed by atoms with van der Waals surface area (Å²) in [4.78, 5) is 12.6. The molecule has 2 aromatic carbocycles. The van der Waals surface area contributed by atoms with E-state index in [0.29, 0.717) is 28.4 Å². The Morgan fingerprint density at radius 1 is 1.27 bits per heavy atom. The second-order valence-corrected chi connectivity index (χ2v) is 7.67. The molecule has 1 aromatic heterocycles. The van der Waals surface area contributed by atoms with Crippen molar-refractivity contribution >= 4 is 38.6 Å². The fourth-order valence-electron chi connectivity index (χ4n) is 3.39. The molecule has 1 saturated heterocycles. The van der Waals surface area contributed by atoms with Crippen molar-refractivity contribution in [2.45, 2.75) is 32.1 Å². The maximum absolute atomic E-state index is 13.1. The molecule has 1 unspecified atom stereocenters. The van der Waals surface area contributed by atoms with Crippen LogP contribution in [0.3, 0.4) is 0 Å². The monoisotopic (exact) mass is 483 g/mol. The van der Waals surface area contributed by atoms with Crippen LogP contribution in [0.1, 0.15) is 35.8 Å². The number of carbonyl (C=O) groups excluding carboxylic acids is 1. The molecule has 1 aliphatic rings. The standard InChI is InChI=1S/C20H17BrF3N3O3/c21-12-9-14-17(15(10-12)30-20(23)24)27(16-3-1-2-8-29-16)26-18(14)25-19(28)11-4-6-13(22)7-5-11/h4-7,9-10,16,20H,1-3,8H2,(H,25,26,28). The number of aromatic nitrogens is 2. The molecule has 1 amide bonds. The number of nitrogens with one attached hydrogen (secondary N) is 1. The van der Waals surface area contributed by atoms with Gasteiger partial charge in [-0.1, -0.05) is 15.9 Å². The molecule has 158 valence electrons. The Hall–Kier alpha value is -2.59. The third-order valence-corrected chi connectivity index (χ3v) is 5.17. The highest BCUT2D eigenvalue weighted by atomic mass is 79.9. The SMILES string of the molecule is O=C(Nc1nn(C2CCCCO2)c2c(OC(F)F)cc(Br)cc12)c1ccc(F)cc1. The zero-order valence-electron chi connectivity index (χ0n) is 15.6. The molecule has 30 heavy (non-hydrogen) atoms. The maximum Gasteiger partial charge on any atom is 0.387 e. The first kappa shape index (κ1) is 20.7. The highest BCUT2D eigenvalue weighted by Gasteiger charge is 2.26. The summed E-state index contributed by atoms with van der Waals surface area (Å²) in [6.45, 7) is -2.51. The number of halogens is 4. The second kappa shape index (κ2) is 8.65. The largest absolute Gasteiger partial charge is 0.432 e. The Morgan fingerprint density at radius 3 is 2.70 bits per heavy atom. The molecule has 2 heterocycles. The number of rotatable bonds is 5. The molecule has 0 radical (unpaired) electrons. The molecule has 3 aromatic rings. The minimum absolute atomic E-state index is 0.0849. The number of nitrogens with zero attached hydrogens (tertiary/aromatic N) is 2. The average Bonchev–Trinajstić information content (AvgIpc) is 3.07. The van der Waals surface area contributed by atoms with E-state index in [1.54, 1.807) is 6.07 Å². The van der Waals surface area contributed by atoms with E-state index in [1.807, 2.05) is 0 Å². The molecule has 0 saturated carbocycles. The molecule has 0 spiro atoms. The average molecular weight is 484 g/mol. The van der Waals surface area contributed by atoms with E-state index in [4.69, 9.17) is 9.47 Å². The van der Waals surface area contributed by atoms with Gasteiger partial charge in [0, 0.05) is 22.0 Å². The van der Waals surface area contributed by atoms with Gasteiger partial charge < -0.3 is 14.8 Å². The molecule has 0 aliphatic carbocycles. The number of alkyl halides is 2. The van der Waals surface area contributed by atoms with Gasteiger partial charge in [-0.05, 0) is 55.7 Å². The highest BCUT2D eigenvalue weighted by molar-refractivity contribution is 9.10. The van der Waals surface area contributed by atoms with Gasteiger partial charge in [-0.25, -0.2) is 9.07 Å². The molecule has 4 rings (SSSR count). The zero-order valence-corrected chi connectivity index (χ0v) is 17.2. The molecule has 1 N–H and O–H groups in total. The van der Waals surface area contributed by atoms with Gasteiger partial charge in [0.05, 0.1) is 0 Å². The summed E-state index contributed by atoms with van der Waals surface area (Å²) in [6, 6.07) is 8.10. The van der Waals surface area contributed by atoms with Crippen molar-refractivity contribution in [2.24, 2.45) is 0 Å². The summed E-state index contributed by atoms with van der Waals surface area (Å²) in [5, 5.41) is 7.53. The zero-order chi connectivity index (χ0) is 21.3. The maximum atomic E-state index is 13.1. The van der Waals surface area contributed by atoms with Crippen LogP contribution in [0.25, 0.3) is 10.9 Å². The van der Waals surface area contributed by atoms with Gasteiger partial charge in [0.25, 0.3) is 5.91 Å². The van der Waals surface area contributed by atoms with Gasteiger partial charge >= 0.3 is 6.61 Å². The molecule has 1 atom stereocenters. The molecule has 1 fully saturated rings. The number of fused-ring (bicyclic) bond motifs is 1. The minimum Gasteiger partial charge on any atom is -0.432 e. The van der Waals surface area contributed by atoms with Gasteiger partial charge in [-0.3, -0.25) is 4.79 Å². The van der Waals surface area contributed by atoms with E-state index in [2.05, 4.69) is 26.3 Å². The molecular formula is C20H17BrF3N3O3. The number of carbonyl (C=O) groups is 1. The Labute approximate surface area is 178 Å². The van der Waals surface area contributed by atoms with Gasteiger partial charge in [-0.2, -0.15) is 13.9 Å². The third-order valence-electron chi connectivity index (χ3n) is 4.71. The Morgan fingerprint density at radius 2 is 2.03 bits per heavy atom. The first-order valence-electron chi connectivity index (χ1n) is 9.27.